The van der Waals surface area contributed by atoms with E-state index in [2.05, 4.69) is 62.5 Å². The first-order valence-corrected chi connectivity index (χ1v) is 7.86. The average molecular weight is 273 g/mol. The van der Waals surface area contributed by atoms with Gasteiger partial charge in [-0.25, -0.2) is 0 Å². The van der Waals surface area contributed by atoms with Crippen LogP contribution in [-0.2, 0) is 6.42 Å². The summed E-state index contributed by atoms with van der Waals surface area (Å²) in [6.45, 7) is 7.68. The van der Waals surface area contributed by atoms with E-state index < -0.39 is 0 Å². The van der Waals surface area contributed by atoms with Gasteiger partial charge >= 0.3 is 0 Å². The lowest BCUT2D eigenvalue weighted by atomic mass is 10.00. The van der Waals surface area contributed by atoms with Crippen molar-refractivity contribution in [2.75, 3.05) is 6.54 Å². The van der Waals surface area contributed by atoms with Gasteiger partial charge in [0.25, 0.3) is 0 Å². The standard InChI is InChI=1S/C17H23NS/c1-4-11-18-16(17-10-9-14(3)19-17)12-15-8-6-5-7-13(15)2/h5-10,16,18H,4,11-12H2,1-3H3. The molecule has 1 nitrogen and oxygen atoms in total. The fourth-order valence-electron chi connectivity index (χ4n) is 2.29. The van der Waals surface area contributed by atoms with Gasteiger partial charge < -0.3 is 5.32 Å². The van der Waals surface area contributed by atoms with Gasteiger partial charge in [0.2, 0.25) is 0 Å². The topological polar surface area (TPSA) is 12.0 Å². The summed E-state index contributed by atoms with van der Waals surface area (Å²) in [5.74, 6) is 0. The third kappa shape index (κ3) is 3.92. The van der Waals surface area contributed by atoms with Gasteiger partial charge in [-0.3, -0.25) is 0 Å². The molecule has 2 rings (SSSR count). The van der Waals surface area contributed by atoms with Crippen molar-refractivity contribution in [2.24, 2.45) is 0 Å². The summed E-state index contributed by atoms with van der Waals surface area (Å²) in [7, 11) is 0. The Labute approximate surface area is 120 Å². The molecule has 19 heavy (non-hydrogen) atoms. The highest BCUT2D eigenvalue weighted by Crippen LogP contribution is 2.26. The molecule has 0 saturated heterocycles. The SMILES string of the molecule is CCCNC(Cc1ccccc1C)c1ccc(C)s1. The van der Waals surface area contributed by atoms with Crippen LogP contribution in [0.1, 0.15) is 40.3 Å². The first kappa shape index (κ1) is 14.3. The quantitative estimate of drug-likeness (QED) is 0.808. The molecule has 1 aromatic carbocycles. The van der Waals surface area contributed by atoms with E-state index in [1.807, 2.05) is 11.3 Å². The van der Waals surface area contributed by atoms with Crippen molar-refractivity contribution in [3.63, 3.8) is 0 Å². The molecular formula is C17H23NS. The molecule has 2 aromatic rings. The van der Waals surface area contributed by atoms with Crippen molar-refractivity contribution in [2.45, 2.75) is 39.7 Å². The molecule has 2 heteroatoms. The monoisotopic (exact) mass is 273 g/mol. The van der Waals surface area contributed by atoms with Gasteiger partial charge in [-0.05, 0) is 56.5 Å². The Balaban J connectivity index is 2.16. The Kier molecular flexibility index (Phi) is 5.17. The minimum atomic E-state index is 0.444. The highest BCUT2D eigenvalue weighted by molar-refractivity contribution is 7.12. The minimum Gasteiger partial charge on any atom is -0.309 e. The number of aryl methyl sites for hydroxylation is 2. The van der Waals surface area contributed by atoms with Crippen LogP contribution in [0.5, 0.6) is 0 Å². The zero-order valence-electron chi connectivity index (χ0n) is 12.1. The first-order chi connectivity index (χ1) is 9.20. The maximum atomic E-state index is 3.69. The minimum absolute atomic E-state index is 0.444. The van der Waals surface area contributed by atoms with Gasteiger partial charge in [0.1, 0.15) is 0 Å². The summed E-state index contributed by atoms with van der Waals surface area (Å²) >= 11 is 1.91. The lowest BCUT2D eigenvalue weighted by molar-refractivity contribution is 0.536. The summed E-state index contributed by atoms with van der Waals surface area (Å²) in [6, 6.07) is 13.6. The van der Waals surface area contributed by atoms with Crippen molar-refractivity contribution in [3.05, 3.63) is 57.3 Å². The molecule has 1 N–H and O–H groups in total. The Bertz CT molecular complexity index is 515. The molecule has 0 fully saturated rings. The van der Waals surface area contributed by atoms with Crippen LogP contribution in [-0.4, -0.2) is 6.54 Å². The van der Waals surface area contributed by atoms with Crippen LogP contribution in [0.25, 0.3) is 0 Å². The summed E-state index contributed by atoms with van der Waals surface area (Å²) in [5.41, 5.74) is 2.83. The Morgan fingerprint density at radius 2 is 1.89 bits per heavy atom. The van der Waals surface area contributed by atoms with E-state index in [1.165, 1.54) is 27.3 Å². The van der Waals surface area contributed by atoms with Crippen LogP contribution < -0.4 is 5.32 Å². The fraction of sp³-hybridized carbons (Fsp3) is 0.412. The van der Waals surface area contributed by atoms with Gasteiger partial charge in [-0.1, -0.05) is 31.2 Å². The van der Waals surface area contributed by atoms with E-state index in [-0.39, 0.29) is 0 Å². The normalized spacial score (nSPS) is 12.6. The number of hydrogen-bond donors (Lipinski definition) is 1. The van der Waals surface area contributed by atoms with Crippen LogP contribution in [0.15, 0.2) is 36.4 Å². The molecule has 0 amide bonds. The van der Waals surface area contributed by atoms with Gasteiger partial charge in [-0.15, -0.1) is 11.3 Å². The molecule has 102 valence electrons. The molecule has 1 aromatic heterocycles. The zero-order valence-corrected chi connectivity index (χ0v) is 12.9. The van der Waals surface area contributed by atoms with Gasteiger partial charge in [-0.2, -0.15) is 0 Å². The Hall–Kier alpha value is -1.12. The van der Waals surface area contributed by atoms with Crippen LogP contribution in [0, 0.1) is 13.8 Å². The fourth-order valence-corrected chi connectivity index (χ4v) is 3.24. The van der Waals surface area contributed by atoms with Gasteiger partial charge in [0.05, 0.1) is 0 Å². The lowest BCUT2D eigenvalue weighted by Gasteiger charge is -2.18. The maximum Gasteiger partial charge on any atom is 0.0455 e. The number of hydrogen-bond acceptors (Lipinski definition) is 2. The third-order valence-electron chi connectivity index (χ3n) is 3.43. The van der Waals surface area contributed by atoms with Crippen LogP contribution in [0.2, 0.25) is 0 Å². The Morgan fingerprint density at radius 1 is 1.11 bits per heavy atom. The average Bonchev–Trinajstić information content (AvgIpc) is 2.83. The summed E-state index contributed by atoms with van der Waals surface area (Å²) in [5, 5.41) is 3.69. The molecule has 0 aliphatic heterocycles. The van der Waals surface area contributed by atoms with E-state index in [9.17, 15) is 0 Å². The van der Waals surface area contributed by atoms with Crippen molar-refractivity contribution in [1.82, 2.24) is 5.32 Å². The molecule has 0 spiro atoms. The third-order valence-corrected chi connectivity index (χ3v) is 4.54. The molecular weight excluding hydrogens is 250 g/mol. The second-order valence-corrected chi connectivity index (χ2v) is 6.41. The molecule has 1 unspecified atom stereocenters. The van der Waals surface area contributed by atoms with E-state index >= 15 is 0 Å². The summed E-state index contributed by atoms with van der Waals surface area (Å²) in [4.78, 5) is 2.84. The van der Waals surface area contributed by atoms with Crippen LogP contribution >= 0.6 is 11.3 Å². The summed E-state index contributed by atoms with van der Waals surface area (Å²) in [6.07, 6.45) is 2.25. The van der Waals surface area contributed by atoms with E-state index in [1.54, 1.807) is 0 Å². The molecule has 0 bridgehead atoms. The number of thiophene rings is 1. The van der Waals surface area contributed by atoms with Crippen molar-refractivity contribution < 1.29 is 0 Å². The predicted molar refractivity (Wildman–Crippen MR) is 85.0 cm³/mol. The molecule has 0 saturated carbocycles. The second-order valence-electron chi connectivity index (χ2n) is 5.09. The van der Waals surface area contributed by atoms with E-state index in [0.717, 1.165) is 13.0 Å². The highest BCUT2D eigenvalue weighted by Gasteiger charge is 2.14. The highest BCUT2D eigenvalue weighted by atomic mass is 32.1. The number of benzene rings is 1. The number of nitrogens with one attached hydrogen (secondary N) is 1. The first-order valence-electron chi connectivity index (χ1n) is 7.05. The molecule has 0 radical (unpaired) electrons. The maximum absolute atomic E-state index is 3.69. The second kappa shape index (κ2) is 6.88. The van der Waals surface area contributed by atoms with Crippen molar-refractivity contribution in [3.8, 4) is 0 Å². The van der Waals surface area contributed by atoms with Gasteiger partial charge in [0.15, 0.2) is 0 Å². The predicted octanol–water partition coefficient (Wildman–Crippen LogP) is 4.65. The Morgan fingerprint density at radius 3 is 2.53 bits per heavy atom. The molecule has 0 aliphatic rings. The van der Waals surface area contributed by atoms with E-state index in [0.29, 0.717) is 6.04 Å². The largest absolute Gasteiger partial charge is 0.309 e. The van der Waals surface area contributed by atoms with Crippen molar-refractivity contribution >= 4 is 11.3 Å². The molecule has 1 heterocycles. The summed E-state index contributed by atoms with van der Waals surface area (Å²) < 4.78 is 0. The van der Waals surface area contributed by atoms with Crippen LogP contribution in [0.4, 0.5) is 0 Å². The van der Waals surface area contributed by atoms with Crippen molar-refractivity contribution in [1.29, 1.82) is 0 Å². The van der Waals surface area contributed by atoms with Gasteiger partial charge in [0, 0.05) is 15.8 Å². The zero-order chi connectivity index (χ0) is 13.7. The molecule has 1 atom stereocenters. The van der Waals surface area contributed by atoms with E-state index in [4.69, 9.17) is 0 Å². The lowest BCUT2D eigenvalue weighted by Crippen LogP contribution is -2.23. The van der Waals surface area contributed by atoms with Crippen LogP contribution in [0.3, 0.4) is 0 Å². The number of rotatable bonds is 6. The molecule has 0 aliphatic carbocycles. The smallest absolute Gasteiger partial charge is 0.0455 e.